The number of likely N-dealkylation sites (N-methyl/N-ethyl adjacent to an activating group) is 1. The highest BCUT2D eigenvalue weighted by atomic mass is 16.2. The summed E-state index contributed by atoms with van der Waals surface area (Å²) >= 11 is 0. The van der Waals surface area contributed by atoms with Crippen molar-refractivity contribution in [1.82, 2.24) is 19.6 Å². The van der Waals surface area contributed by atoms with Crippen molar-refractivity contribution in [3.63, 3.8) is 0 Å². The largest absolute Gasteiger partial charge is 0.339 e. The molecule has 0 bridgehead atoms. The van der Waals surface area contributed by atoms with Crippen LogP contribution >= 0.6 is 0 Å². The van der Waals surface area contributed by atoms with E-state index >= 15 is 0 Å². The fraction of sp³-hybridized carbons (Fsp3) is 0.636. The molecule has 28 heavy (non-hydrogen) atoms. The first-order chi connectivity index (χ1) is 13.6. The Morgan fingerprint density at radius 2 is 1.68 bits per heavy atom. The summed E-state index contributed by atoms with van der Waals surface area (Å²) in [5, 5.41) is 0. The Balaban J connectivity index is 1.22. The molecule has 0 saturated carbocycles. The summed E-state index contributed by atoms with van der Waals surface area (Å²) < 4.78 is 0. The van der Waals surface area contributed by atoms with E-state index in [4.69, 9.17) is 0 Å². The Kier molecular flexibility index (Phi) is 5.97. The van der Waals surface area contributed by atoms with Gasteiger partial charge in [0.1, 0.15) is 0 Å². The Morgan fingerprint density at radius 3 is 2.36 bits per heavy atom. The van der Waals surface area contributed by atoms with E-state index in [2.05, 4.69) is 21.7 Å². The Bertz CT molecular complexity index is 687. The van der Waals surface area contributed by atoms with Gasteiger partial charge in [-0.15, -0.1) is 0 Å². The fourth-order valence-electron chi connectivity index (χ4n) is 4.88. The highest BCUT2D eigenvalue weighted by Gasteiger charge is 2.34. The zero-order valence-electron chi connectivity index (χ0n) is 16.9. The second kappa shape index (κ2) is 8.62. The molecule has 0 spiro atoms. The molecule has 3 saturated heterocycles. The third-order valence-corrected chi connectivity index (χ3v) is 6.60. The van der Waals surface area contributed by atoms with Gasteiger partial charge in [0.2, 0.25) is 5.91 Å². The molecule has 2 atom stereocenters. The van der Waals surface area contributed by atoms with E-state index in [0.29, 0.717) is 11.8 Å². The summed E-state index contributed by atoms with van der Waals surface area (Å²) in [5.74, 6) is 1.01. The molecule has 4 rings (SSSR count). The molecule has 3 aliphatic rings. The summed E-state index contributed by atoms with van der Waals surface area (Å²) in [4.78, 5) is 34.1. The van der Waals surface area contributed by atoms with Gasteiger partial charge >= 0.3 is 0 Å². The Labute approximate surface area is 168 Å². The molecular formula is C22H32N4O2. The molecule has 152 valence electrons. The summed E-state index contributed by atoms with van der Waals surface area (Å²) in [6.45, 7) is 7.34. The van der Waals surface area contributed by atoms with Crippen LogP contribution in [0.4, 0.5) is 0 Å². The molecule has 2 amide bonds. The van der Waals surface area contributed by atoms with Crippen molar-refractivity contribution in [3.8, 4) is 0 Å². The van der Waals surface area contributed by atoms with Gasteiger partial charge < -0.3 is 9.80 Å². The van der Waals surface area contributed by atoms with E-state index in [0.717, 1.165) is 77.2 Å². The van der Waals surface area contributed by atoms with Gasteiger partial charge in [-0.25, -0.2) is 0 Å². The Hall–Kier alpha value is -1.92. The van der Waals surface area contributed by atoms with E-state index < -0.39 is 0 Å². The highest BCUT2D eigenvalue weighted by molar-refractivity contribution is 5.94. The summed E-state index contributed by atoms with van der Waals surface area (Å²) in [6, 6.07) is 9.68. The minimum absolute atomic E-state index is 0.0962. The van der Waals surface area contributed by atoms with E-state index in [1.807, 2.05) is 35.2 Å². The lowest BCUT2D eigenvalue weighted by Crippen LogP contribution is -2.53. The first kappa shape index (κ1) is 19.4. The second-order valence-corrected chi connectivity index (χ2v) is 8.54. The van der Waals surface area contributed by atoms with Crippen LogP contribution in [0.3, 0.4) is 0 Å². The molecule has 1 aromatic carbocycles. The first-order valence-electron chi connectivity index (χ1n) is 10.7. The quantitative estimate of drug-likeness (QED) is 0.787. The lowest BCUT2D eigenvalue weighted by molar-refractivity contribution is -0.137. The summed E-state index contributed by atoms with van der Waals surface area (Å²) in [5.41, 5.74) is 0.784. The van der Waals surface area contributed by atoms with Crippen molar-refractivity contribution >= 4 is 11.8 Å². The summed E-state index contributed by atoms with van der Waals surface area (Å²) in [6.07, 6.45) is 3.21. The van der Waals surface area contributed by atoms with Crippen LogP contribution in [-0.2, 0) is 4.79 Å². The van der Waals surface area contributed by atoms with Gasteiger partial charge in [-0.3, -0.25) is 19.4 Å². The van der Waals surface area contributed by atoms with Gasteiger partial charge in [0, 0.05) is 51.4 Å². The lowest BCUT2D eigenvalue weighted by atomic mass is 10.1. The maximum absolute atomic E-state index is 12.7. The number of carbonyl (C=O) groups is 2. The van der Waals surface area contributed by atoms with Gasteiger partial charge in [0.05, 0.1) is 6.04 Å². The molecule has 2 unspecified atom stereocenters. The highest BCUT2D eigenvalue weighted by Crippen LogP contribution is 2.22. The number of amides is 2. The van der Waals surface area contributed by atoms with Crippen LogP contribution in [0.1, 0.15) is 29.6 Å². The molecular weight excluding hydrogens is 352 g/mol. The topological polar surface area (TPSA) is 47.1 Å². The maximum Gasteiger partial charge on any atom is 0.253 e. The predicted molar refractivity (Wildman–Crippen MR) is 109 cm³/mol. The van der Waals surface area contributed by atoms with Gasteiger partial charge in [-0.05, 0) is 50.9 Å². The van der Waals surface area contributed by atoms with Crippen molar-refractivity contribution < 1.29 is 9.59 Å². The van der Waals surface area contributed by atoms with Crippen LogP contribution in [0.25, 0.3) is 0 Å². The molecule has 0 aliphatic carbocycles. The van der Waals surface area contributed by atoms with Crippen LogP contribution in [-0.4, -0.2) is 96.9 Å². The molecule has 6 heteroatoms. The Morgan fingerprint density at radius 1 is 0.929 bits per heavy atom. The van der Waals surface area contributed by atoms with Crippen molar-refractivity contribution in [2.75, 3.05) is 59.4 Å². The SMILES string of the molecule is CN1CCCC1C(=O)N1CCN(CC2CCN(C(=O)c3ccccc3)C2)CC1. The normalized spacial score (nSPS) is 26.8. The number of rotatable bonds is 4. The smallest absolute Gasteiger partial charge is 0.253 e. The van der Waals surface area contributed by atoms with Crippen molar-refractivity contribution in [3.05, 3.63) is 35.9 Å². The lowest BCUT2D eigenvalue weighted by Gasteiger charge is -2.37. The molecule has 3 aliphatic heterocycles. The van der Waals surface area contributed by atoms with Gasteiger partial charge in [0.25, 0.3) is 5.91 Å². The molecule has 6 nitrogen and oxygen atoms in total. The second-order valence-electron chi connectivity index (χ2n) is 8.54. The number of hydrogen-bond acceptors (Lipinski definition) is 4. The van der Waals surface area contributed by atoms with Crippen molar-refractivity contribution in [2.24, 2.45) is 5.92 Å². The molecule has 1 aromatic rings. The number of piperazine rings is 1. The van der Waals surface area contributed by atoms with Crippen LogP contribution in [0, 0.1) is 5.92 Å². The number of benzene rings is 1. The molecule has 3 fully saturated rings. The number of nitrogens with zero attached hydrogens (tertiary/aromatic N) is 4. The molecule has 0 radical (unpaired) electrons. The van der Waals surface area contributed by atoms with E-state index in [-0.39, 0.29) is 11.9 Å². The molecule has 3 heterocycles. The van der Waals surface area contributed by atoms with Gasteiger partial charge in [-0.1, -0.05) is 18.2 Å². The molecule has 0 aromatic heterocycles. The maximum atomic E-state index is 12.7. The third kappa shape index (κ3) is 4.23. The third-order valence-electron chi connectivity index (χ3n) is 6.60. The standard InChI is InChI=1S/C22H32N4O2/c1-23-10-5-8-20(23)22(28)25-14-12-24(13-15-25)16-18-9-11-26(17-18)21(27)19-6-3-2-4-7-19/h2-4,6-7,18,20H,5,8-17H2,1H3. The first-order valence-corrected chi connectivity index (χ1v) is 10.7. The zero-order chi connectivity index (χ0) is 19.5. The number of carbonyl (C=O) groups excluding carboxylic acids is 2. The predicted octanol–water partition coefficient (Wildman–Crippen LogP) is 1.39. The van der Waals surface area contributed by atoms with Crippen LogP contribution in [0.5, 0.6) is 0 Å². The average molecular weight is 385 g/mol. The number of hydrogen-bond donors (Lipinski definition) is 0. The van der Waals surface area contributed by atoms with Gasteiger partial charge in [-0.2, -0.15) is 0 Å². The average Bonchev–Trinajstić information content (AvgIpc) is 3.37. The van der Waals surface area contributed by atoms with E-state index in [1.165, 1.54) is 0 Å². The summed E-state index contributed by atoms with van der Waals surface area (Å²) in [7, 11) is 2.06. The minimum Gasteiger partial charge on any atom is -0.339 e. The van der Waals surface area contributed by atoms with E-state index in [1.54, 1.807) is 0 Å². The van der Waals surface area contributed by atoms with E-state index in [9.17, 15) is 9.59 Å². The zero-order valence-corrected chi connectivity index (χ0v) is 16.9. The van der Waals surface area contributed by atoms with Crippen molar-refractivity contribution in [2.45, 2.75) is 25.3 Å². The fourth-order valence-corrected chi connectivity index (χ4v) is 4.88. The van der Waals surface area contributed by atoms with Crippen LogP contribution < -0.4 is 0 Å². The van der Waals surface area contributed by atoms with Crippen molar-refractivity contribution in [1.29, 1.82) is 0 Å². The van der Waals surface area contributed by atoms with Crippen LogP contribution in [0.2, 0.25) is 0 Å². The number of likely N-dealkylation sites (tertiary alicyclic amines) is 2. The minimum atomic E-state index is 0.0962. The monoisotopic (exact) mass is 384 g/mol. The van der Waals surface area contributed by atoms with Crippen LogP contribution in [0.15, 0.2) is 30.3 Å². The van der Waals surface area contributed by atoms with Gasteiger partial charge in [0.15, 0.2) is 0 Å². The molecule has 0 N–H and O–H groups in total.